The fourth-order valence-corrected chi connectivity index (χ4v) is 4.55. The molecule has 1 fully saturated rings. The van der Waals surface area contributed by atoms with Gasteiger partial charge < -0.3 is 19.1 Å². The Labute approximate surface area is 174 Å². The first-order valence-corrected chi connectivity index (χ1v) is 9.80. The molecule has 1 aliphatic rings. The van der Waals surface area contributed by atoms with Crippen LogP contribution in [0.25, 0.3) is 0 Å². The van der Waals surface area contributed by atoms with Crippen LogP contribution in [0.3, 0.4) is 0 Å². The van der Waals surface area contributed by atoms with Crippen LogP contribution in [-0.2, 0) is 11.3 Å². The van der Waals surface area contributed by atoms with Crippen LogP contribution in [-0.4, -0.2) is 36.6 Å². The lowest BCUT2D eigenvalue weighted by molar-refractivity contribution is -0.274. The number of nitrogens with zero attached hydrogens (tertiary/aromatic N) is 1. The van der Waals surface area contributed by atoms with E-state index in [9.17, 15) is 22.4 Å². The van der Waals surface area contributed by atoms with Crippen molar-refractivity contribution >= 4 is 17.7 Å². The first-order chi connectivity index (χ1) is 14.1. The van der Waals surface area contributed by atoms with Crippen LogP contribution in [0.5, 0.6) is 17.2 Å². The summed E-state index contributed by atoms with van der Waals surface area (Å²) in [4.78, 5) is 14.3. The highest BCUT2D eigenvalue weighted by Gasteiger charge is 2.42. The quantitative estimate of drug-likeness (QED) is 0.592. The maximum Gasteiger partial charge on any atom is 0.573 e. The number of hydrogen-bond donors (Lipinski definition) is 0. The summed E-state index contributed by atoms with van der Waals surface area (Å²) in [7, 11) is 2.76. The van der Waals surface area contributed by atoms with Crippen LogP contribution >= 0.6 is 11.8 Å². The lowest BCUT2D eigenvalue weighted by Gasteiger charge is -2.27. The average Bonchev–Trinajstić information content (AvgIpc) is 2.96. The van der Waals surface area contributed by atoms with Gasteiger partial charge in [0.25, 0.3) is 0 Å². The average molecular weight is 445 g/mol. The van der Waals surface area contributed by atoms with Crippen molar-refractivity contribution in [2.45, 2.75) is 30.5 Å². The second kappa shape index (κ2) is 8.63. The van der Waals surface area contributed by atoms with Gasteiger partial charge in [0.15, 0.2) is 11.6 Å². The largest absolute Gasteiger partial charge is 0.573 e. The summed E-state index contributed by atoms with van der Waals surface area (Å²) in [6.07, 6.45) is -4.78. The van der Waals surface area contributed by atoms with Crippen LogP contribution in [0.4, 0.5) is 17.6 Å². The maximum atomic E-state index is 14.3. The molecule has 2 aromatic rings. The Morgan fingerprint density at radius 1 is 1.07 bits per heavy atom. The summed E-state index contributed by atoms with van der Waals surface area (Å²) >= 11 is 1.31. The number of carbonyl (C=O) groups is 1. The van der Waals surface area contributed by atoms with Gasteiger partial charge >= 0.3 is 6.36 Å². The molecule has 1 aliphatic heterocycles. The summed E-state index contributed by atoms with van der Waals surface area (Å²) in [6, 6.07) is 7.92. The van der Waals surface area contributed by atoms with Gasteiger partial charge in [0.05, 0.1) is 25.0 Å². The number of amides is 1. The molecule has 0 bridgehead atoms. The topological polar surface area (TPSA) is 48.0 Å². The lowest BCUT2D eigenvalue weighted by atomic mass is 10.1. The van der Waals surface area contributed by atoms with Crippen LogP contribution in [0.1, 0.15) is 23.4 Å². The molecule has 162 valence electrons. The molecular weight excluding hydrogens is 426 g/mol. The molecule has 0 N–H and O–H groups in total. The monoisotopic (exact) mass is 445 g/mol. The van der Waals surface area contributed by atoms with E-state index in [1.807, 2.05) is 0 Å². The van der Waals surface area contributed by atoms with Crippen molar-refractivity contribution < 1.29 is 36.6 Å². The van der Waals surface area contributed by atoms with E-state index < -0.39 is 22.8 Å². The summed E-state index contributed by atoms with van der Waals surface area (Å²) in [5.74, 6) is -0.783. The summed E-state index contributed by atoms with van der Waals surface area (Å²) in [6.45, 7) is 1.84. The third-order valence-electron chi connectivity index (χ3n) is 4.54. The van der Waals surface area contributed by atoms with Gasteiger partial charge in [-0.3, -0.25) is 4.79 Å². The third kappa shape index (κ3) is 4.58. The second-order valence-corrected chi connectivity index (χ2v) is 7.91. The van der Waals surface area contributed by atoms with Gasteiger partial charge in [0.2, 0.25) is 5.91 Å². The van der Waals surface area contributed by atoms with Crippen molar-refractivity contribution in [3.05, 3.63) is 53.3 Å². The zero-order valence-corrected chi connectivity index (χ0v) is 17.1. The molecule has 2 atom stereocenters. The molecule has 1 heterocycles. The molecule has 2 aromatic carbocycles. The maximum absolute atomic E-state index is 14.3. The number of rotatable bonds is 6. The Hall–Kier alpha value is -2.62. The van der Waals surface area contributed by atoms with Crippen LogP contribution < -0.4 is 14.2 Å². The van der Waals surface area contributed by atoms with E-state index >= 15 is 0 Å². The number of benzene rings is 2. The van der Waals surface area contributed by atoms with E-state index in [0.29, 0.717) is 16.9 Å². The van der Waals surface area contributed by atoms with Crippen LogP contribution in [0.15, 0.2) is 36.4 Å². The zero-order valence-electron chi connectivity index (χ0n) is 16.3. The van der Waals surface area contributed by atoms with Gasteiger partial charge in [-0.15, -0.1) is 24.9 Å². The summed E-state index contributed by atoms with van der Waals surface area (Å²) in [5, 5.41) is -1.00. The highest BCUT2D eigenvalue weighted by atomic mass is 32.2. The van der Waals surface area contributed by atoms with Gasteiger partial charge in [0.1, 0.15) is 16.9 Å². The lowest BCUT2D eigenvalue weighted by Crippen LogP contribution is -2.30. The number of thioether (sulfide) groups is 1. The molecule has 3 rings (SSSR count). The minimum absolute atomic E-state index is 0.0207. The Kier molecular flexibility index (Phi) is 6.35. The normalized spacial score (nSPS) is 19.2. The smallest absolute Gasteiger partial charge is 0.496 e. The van der Waals surface area contributed by atoms with Crippen molar-refractivity contribution in [1.82, 2.24) is 4.90 Å². The fraction of sp³-hybridized carbons (Fsp3) is 0.350. The molecule has 0 radical (unpaired) electrons. The number of methoxy groups -OCH3 is 2. The number of halogens is 4. The Bertz CT molecular complexity index is 920. The van der Waals surface area contributed by atoms with Gasteiger partial charge in [-0.1, -0.05) is 12.1 Å². The van der Waals surface area contributed by atoms with E-state index in [2.05, 4.69) is 4.74 Å². The molecule has 0 saturated carbocycles. The number of carbonyl (C=O) groups excluding carboxylic acids is 1. The van der Waals surface area contributed by atoms with Crippen molar-refractivity contribution in [3.8, 4) is 17.2 Å². The van der Waals surface area contributed by atoms with E-state index in [-0.39, 0.29) is 24.0 Å². The Morgan fingerprint density at radius 2 is 1.73 bits per heavy atom. The molecule has 0 aliphatic carbocycles. The molecule has 1 amide bonds. The third-order valence-corrected chi connectivity index (χ3v) is 5.89. The first-order valence-electron chi connectivity index (χ1n) is 8.85. The first kappa shape index (κ1) is 22.1. The van der Waals surface area contributed by atoms with Gasteiger partial charge in [-0.25, -0.2) is 4.39 Å². The number of ether oxygens (including phenoxy) is 3. The zero-order chi connectivity index (χ0) is 22.1. The molecule has 1 saturated heterocycles. The molecule has 5 nitrogen and oxygen atoms in total. The van der Waals surface area contributed by atoms with E-state index in [1.54, 1.807) is 6.92 Å². The minimum atomic E-state index is -4.78. The summed E-state index contributed by atoms with van der Waals surface area (Å²) < 4.78 is 65.9. The predicted molar refractivity (Wildman–Crippen MR) is 103 cm³/mol. The molecule has 0 spiro atoms. The highest BCUT2D eigenvalue weighted by Crippen LogP contribution is 2.50. The molecule has 0 aromatic heterocycles. The number of alkyl halides is 3. The van der Waals surface area contributed by atoms with Gasteiger partial charge in [-0.05, 0) is 36.8 Å². The van der Waals surface area contributed by atoms with Crippen LogP contribution in [0.2, 0.25) is 0 Å². The SMILES string of the molecule is COc1ccc(F)c(OC)c1C1SC(C)C(=O)N1Cc1ccc(OC(F)(F)F)cc1. The Balaban J connectivity index is 1.92. The van der Waals surface area contributed by atoms with Crippen molar-refractivity contribution in [2.75, 3.05) is 14.2 Å². The minimum Gasteiger partial charge on any atom is -0.496 e. The number of hydrogen-bond acceptors (Lipinski definition) is 5. The highest BCUT2D eigenvalue weighted by molar-refractivity contribution is 8.01. The van der Waals surface area contributed by atoms with Crippen molar-refractivity contribution in [2.24, 2.45) is 0 Å². The van der Waals surface area contributed by atoms with E-state index in [0.717, 1.165) is 0 Å². The standard InChI is InChI=1S/C20H19F4NO4S/c1-11-18(26)25(10-12-4-6-13(7-5-12)29-20(22,23)24)19(30-11)16-15(27-2)9-8-14(21)17(16)28-3/h4-9,11,19H,10H2,1-3H3. The van der Waals surface area contributed by atoms with E-state index in [1.165, 1.54) is 67.3 Å². The van der Waals surface area contributed by atoms with Gasteiger partial charge in [0, 0.05) is 6.54 Å². The second-order valence-electron chi connectivity index (χ2n) is 6.49. The Morgan fingerprint density at radius 3 is 2.30 bits per heavy atom. The van der Waals surface area contributed by atoms with Crippen molar-refractivity contribution in [1.29, 1.82) is 0 Å². The van der Waals surface area contributed by atoms with Crippen LogP contribution in [0, 0.1) is 5.82 Å². The molecule has 30 heavy (non-hydrogen) atoms. The van der Waals surface area contributed by atoms with Crippen molar-refractivity contribution in [3.63, 3.8) is 0 Å². The predicted octanol–water partition coefficient (Wildman–Crippen LogP) is 4.90. The summed E-state index contributed by atoms with van der Waals surface area (Å²) in [5.41, 5.74) is 0.978. The van der Waals surface area contributed by atoms with E-state index in [4.69, 9.17) is 9.47 Å². The molecular formula is C20H19F4NO4S. The molecule has 2 unspecified atom stereocenters. The molecule has 10 heteroatoms. The fourth-order valence-electron chi connectivity index (χ4n) is 3.23. The van der Waals surface area contributed by atoms with Gasteiger partial charge in [-0.2, -0.15) is 0 Å².